The molecule has 0 saturated carbocycles. The maximum absolute atomic E-state index is 13.3. The van der Waals surface area contributed by atoms with Crippen LogP contribution in [-0.2, 0) is 15.8 Å². The Kier molecular flexibility index (Phi) is 9.57. The van der Waals surface area contributed by atoms with Crippen molar-refractivity contribution in [3.05, 3.63) is 120 Å². The molecule has 0 bridgehead atoms. The Morgan fingerprint density at radius 3 is 2.32 bits per heavy atom. The van der Waals surface area contributed by atoms with Gasteiger partial charge in [0, 0.05) is 35.7 Å². The lowest BCUT2D eigenvalue weighted by atomic mass is 9.85. The van der Waals surface area contributed by atoms with Gasteiger partial charge in [0.2, 0.25) is 5.91 Å². The summed E-state index contributed by atoms with van der Waals surface area (Å²) in [6.07, 6.45) is -2.55. The minimum atomic E-state index is -4.54. The molecule has 2 N–H and O–H groups in total. The molecule has 13 heteroatoms. The van der Waals surface area contributed by atoms with Crippen LogP contribution in [0.4, 0.5) is 33.5 Å². The van der Waals surface area contributed by atoms with Crippen LogP contribution < -0.4 is 15.8 Å². The van der Waals surface area contributed by atoms with Crippen LogP contribution in [0.5, 0.6) is 0 Å². The van der Waals surface area contributed by atoms with E-state index in [-0.39, 0.29) is 23.8 Å². The van der Waals surface area contributed by atoms with Gasteiger partial charge in [-0.1, -0.05) is 53.5 Å². The van der Waals surface area contributed by atoms with E-state index in [2.05, 4.69) is 17.0 Å². The summed E-state index contributed by atoms with van der Waals surface area (Å²) in [5, 5.41) is 7.11. The first-order valence-electron chi connectivity index (χ1n) is 13.2. The number of aromatic nitrogens is 2. The number of hydrogen-bond acceptors (Lipinski definition) is 4. The van der Waals surface area contributed by atoms with Crippen LogP contribution in [0.25, 0.3) is 5.69 Å². The van der Waals surface area contributed by atoms with Crippen molar-refractivity contribution in [3.63, 3.8) is 0 Å². The van der Waals surface area contributed by atoms with Crippen molar-refractivity contribution >= 4 is 29.2 Å². The summed E-state index contributed by atoms with van der Waals surface area (Å²) in [5.74, 6) is -2.82. The number of carbonyl (C=O) groups excluding carboxylic acids is 3. The van der Waals surface area contributed by atoms with Crippen LogP contribution in [0.15, 0.2) is 97.5 Å². The molecule has 0 radical (unpaired) electrons. The third-order valence-corrected chi connectivity index (χ3v) is 6.77. The number of fused-ring (bicyclic) bond motifs is 1. The highest BCUT2D eigenvalue weighted by Gasteiger charge is 2.36. The number of amides is 3. The number of anilines is 2. The fraction of sp³-hybridized carbons (Fsp3) is 0.161. The van der Waals surface area contributed by atoms with E-state index in [9.17, 15) is 36.4 Å². The third-order valence-electron chi connectivity index (χ3n) is 6.77. The summed E-state index contributed by atoms with van der Waals surface area (Å²) in [4.78, 5) is 37.2. The second-order valence-corrected chi connectivity index (χ2v) is 9.51. The number of rotatable bonds is 6. The smallest absolute Gasteiger partial charge is 0.320 e. The third kappa shape index (κ3) is 6.83. The second kappa shape index (κ2) is 13.3. The standard InChI is InChI=1S/C23H21FN4O2.C8H5F4NO/c1-3-27-21(29)13-18(17-11-7-8-12-20(17)26-22(30)15(2)24)19-14-25-28(23(19)27)16-9-5-4-6-10-16;9-8(10,11)6-3-1-2-5(4-6)7(14)13-12/h4-12,14,18H,2-3,13H2,1H3,(H,26,30);1-4H,(H,13,14). The van der Waals surface area contributed by atoms with Crippen LogP contribution in [0.3, 0.4) is 0 Å². The van der Waals surface area contributed by atoms with E-state index in [4.69, 9.17) is 0 Å². The SMILES string of the molecule is C=C(F)C(=O)Nc1ccccc1C1CC(=O)N(CC)c2c1cnn2-c1ccccc1.O=C(NF)c1cccc(C(F)(F)F)c1. The molecule has 3 aromatic carbocycles. The minimum Gasteiger partial charge on any atom is -0.320 e. The number of halogens is 5. The van der Waals surface area contributed by atoms with Gasteiger partial charge >= 0.3 is 6.18 Å². The zero-order chi connectivity index (χ0) is 32.0. The van der Waals surface area contributed by atoms with Crippen molar-refractivity contribution in [3.8, 4) is 5.69 Å². The molecule has 0 saturated heterocycles. The Balaban J connectivity index is 0.000000265. The largest absolute Gasteiger partial charge is 0.416 e. The van der Waals surface area contributed by atoms with Crippen molar-refractivity contribution < 1.29 is 36.4 Å². The highest BCUT2D eigenvalue weighted by Crippen LogP contribution is 2.43. The normalized spacial score (nSPS) is 14.2. The van der Waals surface area contributed by atoms with E-state index >= 15 is 0 Å². The first-order valence-corrected chi connectivity index (χ1v) is 13.2. The summed E-state index contributed by atoms with van der Waals surface area (Å²) in [6.45, 7) is 5.48. The average Bonchev–Trinajstić information content (AvgIpc) is 3.46. The molecule has 5 rings (SSSR count). The predicted molar refractivity (Wildman–Crippen MR) is 153 cm³/mol. The van der Waals surface area contributed by atoms with Crippen LogP contribution >= 0.6 is 0 Å². The van der Waals surface area contributed by atoms with Gasteiger partial charge in [-0.2, -0.15) is 23.8 Å². The summed E-state index contributed by atoms with van der Waals surface area (Å²) in [6, 6.07) is 20.2. The molecule has 0 spiro atoms. The summed E-state index contributed by atoms with van der Waals surface area (Å²) < 4.78 is 63.0. The average molecular weight is 612 g/mol. The number of alkyl halides is 3. The van der Waals surface area contributed by atoms with Crippen molar-refractivity contribution in [2.45, 2.75) is 25.4 Å². The number of nitrogens with one attached hydrogen (secondary N) is 2. The number of nitrogens with zero attached hydrogens (tertiary/aromatic N) is 3. The number of para-hydroxylation sites is 2. The van der Waals surface area contributed by atoms with E-state index in [0.717, 1.165) is 40.6 Å². The summed E-state index contributed by atoms with van der Waals surface area (Å²) in [7, 11) is 0. The lowest BCUT2D eigenvalue weighted by Crippen LogP contribution is -2.38. The van der Waals surface area contributed by atoms with Crippen molar-refractivity contribution in [2.24, 2.45) is 0 Å². The molecular formula is C31H26F5N5O3. The molecule has 3 amide bonds. The van der Waals surface area contributed by atoms with Crippen LogP contribution in [-0.4, -0.2) is 34.0 Å². The van der Waals surface area contributed by atoms with Crippen LogP contribution in [0, 0.1) is 0 Å². The molecular weight excluding hydrogens is 585 g/mol. The van der Waals surface area contributed by atoms with E-state index in [1.807, 2.05) is 49.4 Å². The Morgan fingerprint density at radius 1 is 1.00 bits per heavy atom. The zero-order valence-electron chi connectivity index (χ0n) is 23.2. The number of benzene rings is 3. The number of carbonyl (C=O) groups is 3. The summed E-state index contributed by atoms with van der Waals surface area (Å²) >= 11 is 0. The zero-order valence-corrected chi connectivity index (χ0v) is 23.2. The van der Waals surface area contributed by atoms with Gasteiger partial charge in [-0.3, -0.25) is 19.3 Å². The first-order chi connectivity index (χ1) is 21.0. The van der Waals surface area contributed by atoms with E-state index in [1.165, 1.54) is 0 Å². The Bertz CT molecular complexity index is 1690. The molecule has 2 heterocycles. The highest BCUT2D eigenvalue weighted by molar-refractivity contribution is 6.03. The first kappa shape index (κ1) is 31.6. The van der Waals surface area contributed by atoms with E-state index in [0.29, 0.717) is 24.1 Å². The van der Waals surface area contributed by atoms with Gasteiger partial charge in [0.05, 0.1) is 17.4 Å². The lowest BCUT2D eigenvalue weighted by molar-refractivity contribution is -0.137. The minimum absolute atomic E-state index is 0.0382. The molecule has 1 aliphatic rings. The van der Waals surface area contributed by atoms with Crippen LogP contribution in [0.2, 0.25) is 0 Å². The molecule has 4 aromatic rings. The Hall–Kier alpha value is -5.33. The van der Waals surface area contributed by atoms with Gasteiger partial charge in [0.15, 0.2) is 5.83 Å². The second-order valence-electron chi connectivity index (χ2n) is 9.51. The molecule has 1 unspecified atom stereocenters. The quantitative estimate of drug-likeness (QED) is 0.148. The maximum Gasteiger partial charge on any atom is 0.416 e. The topological polar surface area (TPSA) is 96.3 Å². The van der Waals surface area contributed by atoms with Crippen molar-refractivity contribution in [2.75, 3.05) is 16.8 Å². The molecule has 44 heavy (non-hydrogen) atoms. The molecule has 8 nitrogen and oxygen atoms in total. The number of hydrogen-bond donors (Lipinski definition) is 2. The van der Waals surface area contributed by atoms with Crippen molar-refractivity contribution in [1.82, 2.24) is 15.3 Å². The van der Waals surface area contributed by atoms with E-state index < -0.39 is 29.4 Å². The lowest BCUT2D eigenvalue weighted by Gasteiger charge is -2.32. The Morgan fingerprint density at radius 2 is 1.68 bits per heavy atom. The molecule has 0 aliphatic carbocycles. The van der Waals surface area contributed by atoms with Gasteiger partial charge < -0.3 is 5.32 Å². The highest BCUT2D eigenvalue weighted by atomic mass is 19.4. The van der Waals surface area contributed by atoms with Gasteiger partial charge in [-0.05, 0) is 48.9 Å². The van der Waals surface area contributed by atoms with Gasteiger partial charge in [-0.25, -0.2) is 9.07 Å². The van der Waals surface area contributed by atoms with Gasteiger partial charge in [0.25, 0.3) is 11.8 Å². The van der Waals surface area contributed by atoms with Crippen LogP contribution in [0.1, 0.15) is 46.3 Å². The van der Waals surface area contributed by atoms with Gasteiger partial charge in [-0.15, -0.1) is 0 Å². The Labute approximate surface area is 248 Å². The van der Waals surface area contributed by atoms with Crippen molar-refractivity contribution in [1.29, 1.82) is 0 Å². The molecule has 0 fully saturated rings. The maximum atomic E-state index is 13.3. The molecule has 1 aliphatic heterocycles. The molecule has 228 valence electrons. The van der Waals surface area contributed by atoms with Gasteiger partial charge in [0.1, 0.15) is 5.82 Å². The molecule has 1 aromatic heterocycles. The fourth-order valence-corrected chi connectivity index (χ4v) is 4.74. The molecule has 1 atom stereocenters. The monoisotopic (exact) mass is 611 g/mol. The van der Waals surface area contributed by atoms with E-state index in [1.54, 1.807) is 27.9 Å². The summed E-state index contributed by atoms with van der Waals surface area (Å²) in [5.41, 5.74) is 2.29. The fourth-order valence-electron chi connectivity index (χ4n) is 4.74. The predicted octanol–water partition coefficient (Wildman–Crippen LogP) is 6.50.